The Kier molecular flexibility index (Phi) is 2.78. The maximum absolute atomic E-state index is 5.88. The van der Waals surface area contributed by atoms with Crippen molar-refractivity contribution >= 4 is 33.4 Å². The molecule has 18 heavy (non-hydrogen) atoms. The summed E-state index contributed by atoms with van der Waals surface area (Å²) in [5, 5.41) is 6.74. The van der Waals surface area contributed by atoms with Crippen LogP contribution in [0, 0.1) is 0 Å². The van der Waals surface area contributed by atoms with Gasteiger partial charge in [0.05, 0.1) is 5.52 Å². The highest BCUT2D eigenvalue weighted by Crippen LogP contribution is 2.28. The van der Waals surface area contributed by atoms with E-state index in [9.17, 15) is 0 Å². The number of nitrogen functional groups attached to an aromatic ring is 1. The van der Waals surface area contributed by atoms with E-state index in [1.165, 1.54) is 0 Å². The lowest BCUT2D eigenvalue weighted by atomic mass is 10.2. The second kappa shape index (κ2) is 4.31. The van der Waals surface area contributed by atoms with Crippen LogP contribution < -0.4 is 5.73 Å². The summed E-state index contributed by atoms with van der Waals surface area (Å²) in [7, 11) is 1.96. The molecule has 1 aromatic carbocycles. The van der Waals surface area contributed by atoms with Crippen LogP contribution in [0.3, 0.4) is 0 Å². The van der Waals surface area contributed by atoms with Crippen molar-refractivity contribution in [2.75, 3.05) is 11.5 Å². The lowest BCUT2D eigenvalue weighted by Crippen LogP contribution is -2.13. The molecule has 0 radical (unpaired) electrons. The number of aliphatic imine (C=N–C) groups is 1. The number of aryl methyl sites for hydroxylation is 1. The van der Waals surface area contributed by atoms with Crippen molar-refractivity contribution < 1.29 is 0 Å². The van der Waals surface area contributed by atoms with Crippen LogP contribution in [0.15, 0.2) is 23.2 Å². The first-order chi connectivity index (χ1) is 8.65. The topological polar surface area (TPSA) is 56.2 Å². The smallest absolute Gasteiger partial charge is 0.125 e. The minimum absolute atomic E-state index is 0.388. The van der Waals surface area contributed by atoms with E-state index in [-0.39, 0.29) is 0 Å². The summed E-state index contributed by atoms with van der Waals surface area (Å²) in [4.78, 5) is 4.71. The molecule has 0 saturated carbocycles. The third kappa shape index (κ3) is 1.88. The van der Waals surface area contributed by atoms with E-state index in [1.807, 2.05) is 29.9 Å². The summed E-state index contributed by atoms with van der Waals surface area (Å²) >= 11 is 1.79. The summed E-state index contributed by atoms with van der Waals surface area (Å²) in [6.45, 7) is 2.15. The molecule has 94 valence electrons. The number of rotatable bonds is 1. The van der Waals surface area contributed by atoms with Gasteiger partial charge in [-0.05, 0) is 31.5 Å². The molecule has 0 fully saturated rings. The number of hydrogen-bond donors (Lipinski definition) is 1. The van der Waals surface area contributed by atoms with E-state index in [4.69, 9.17) is 10.7 Å². The third-order valence-electron chi connectivity index (χ3n) is 3.19. The van der Waals surface area contributed by atoms with Gasteiger partial charge in [-0.25, -0.2) is 0 Å². The summed E-state index contributed by atoms with van der Waals surface area (Å²) in [5.74, 6) is 1.11. The Hall–Kier alpha value is -1.49. The number of nitrogens with zero attached hydrogens (tertiary/aromatic N) is 3. The molecule has 0 saturated heterocycles. The molecular weight excluding hydrogens is 244 g/mol. The van der Waals surface area contributed by atoms with Crippen LogP contribution in [0.2, 0.25) is 0 Å². The molecule has 1 aliphatic rings. The quantitative estimate of drug-likeness (QED) is 0.801. The number of aromatic nitrogens is 2. The lowest BCUT2D eigenvalue weighted by molar-refractivity contribution is 0.719. The molecule has 0 amide bonds. The van der Waals surface area contributed by atoms with Gasteiger partial charge in [-0.15, -0.1) is 11.8 Å². The van der Waals surface area contributed by atoms with Crippen molar-refractivity contribution in [3.05, 3.63) is 23.9 Å². The first kappa shape index (κ1) is 11.6. The number of fused-ring (bicyclic) bond motifs is 1. The molecule has 2 N–H and O–H groups in total. The van der Waals surface area contributed by atoms with E-state index in [0.29, 0.717) is 6.04 Å². The molecule has 4 nitrogen and oxygen atoms in total. The Morgan fingerprint density at radius 3 is 3.06 bits per heavy atom. The van der Waals surface area contributed by atoms with Gasteiger partial charge in [0.25, 0.3) is 0 Å². The molecule has 0 bridgehead atoms. The Morgan fingerprint density at radius 2 is 2.28 bits per heavy atom. The molecule has 2 heterocycles. The van der Waals surface area contributed by atoms with Gasteiger partial charge in [0.15, 0.2) is 0 Å². The zero-order valence-electron chi connectivity index (χ0n) is 10.6. The van der Waals surface area contributed by atoms with Gasteiger partial charge in [0, 0.05) is 29.9 Å². The number of hydrogen-bond acceptors (Lipinski definition) is 4. The molecule has 3 rings (SSSR count). The Labute approximate surface area is 110 Å². The number of nitrogens with two attached hydrogens (primary N) is 1. The Balaban J connectivity index is 2.20. The van der Waals surface area contributed by atoms with Crippen molar-refractivity contribution in [1.29, 1.82) is 0 Å². The molecule has 2 aromatic rings. The monoisotopic (exact) mass is 260 g/mol. The van der Waals surface area contributed by atoms with E-state index >= 15 is 0 Å². The second-order valence-corrected chi connectivity index (χ2v) is 5.75. The van der Waals surface area contributed by atoms with Crippen molar-refractivity contribution in [2.24, 2.45) is 12.0 Å². The van der Waals surface area contributed by atoms with Crippen molar-refractivity contribution in [3.8, 4) is 0 Å². The van der Waals surface area contributed by atoms with Gasteiger partial charge in [0.2, 0.25) is 0 Å². The average Bonchev–Trinajstić information content (AvgIpc) is 2.66. The highest BCUT2D eigenvalue weighted by atomic mass is 32.2. The van der Waals surface area contributed by atoms with Gasteiger partial charge in [-0.2, -0.15) is 5.10 Å². The standard InChI is InChI=1S/C13H16N4S/c1-8-5-6-18-13(15-8)12-10-7-9(14)3-4-11(10)17(2)16-12/h3-4,7-8H,5-6,14H2,1-2H3. The summed E-state index contributed by atoms with van der Waals surface area (Å²) in [6, 6.07) is 6.30. The van der Waals surface area contributed by atoms with Crippen LogP contribution in [-0.2, 0) is 7.05 Å². The molecule has 0 aliphatic carbocycles. The predicted molar refractivity (Wildman–Crippen MR) is 78.2 cm³/mol. The molecule has 0 spiro atoms. The van der Waals surface area contributed by atoms with Crippen molar-refractivity contribution in [2.45, 2.75) is 19.4 Å². The summed E-state index contributed by atoms with van der Waals surface area (Å²) in [6.07, 6.45) is 1.14. The first-order valence-electron chi connectivity index (χ1n) is 6.08. The second-order valence-electron chi connectivity index (χ2n) is 4.67. The molecular formula is C13H16N4S. The maximum atomic E-state index is 5.88. The van der Waals surface area contributed by atoms with Gasteiger partial charge in [-0.3, -0.25) is 9.67 Å². The Bertz CT molecular complexity index is 629. The highest BCUT2D eigenvalue weighted by Gasteiger charge is 2.19. The molecule has 1 aliphatic heterocycles. The van der Waals surface area contributed by atoms with E-state index < -0.39 is 0 Å². The number of benzene rings is 1. The van der Waals surface area contributed by atoms with Crippen LogP contribution in [0.5, 0.6) is 0 Å². The zero-order chi connectivity index (χ0) is 12.7. The third-order valence-corrected chi connectivity index (χ3v) is 4.20. The maximum Gasteiger partial charge on any atom is 0.125 e. The molecule has 1 atom stereocenters. The molecule has 5 heteroatoms. The molecule has 1 unspecified atom stereocenters. The summed E-state index contributed by atoms with van der Waals surface area (Å²) < 4.78 is 1.90. The minimum atomic E-state index is 0.388. The van der Waals surface area contributed by atoms with E-state index in [0.717, 1.165) is 39.5 Å². The van der Waals surface area contributed by atoms with Gasteiger partial charge < -0.3 is 5.73 Å². The summed E-state index contributed by atoms with van der Waals surface area (Å²) in [5.41, 5.74) is 8.71. The fourth-order valence-corrected chi connectivity index (χ4v) is 3.39. The predicted octanol–water partition coefficient (Wildman–Crippen LogP) is 2.43. The van der Waals surface area contributed by atoms with Crippen LogP contribution in [0.4, 0.5) is 5.69 Å². The van der Waals surface area contributed by atoms with Gasteiger partial charge >= 0.3 is 0 Å². The number of anilines is 1. The van der Waals surface area contributed by atoms with Crippen LogP contribution >= 0.6 is 11.8 Å². The zero-order valence-corrected chi connectivity index (χ0v) is 11.4. The lowest BCUT2D eigenvalue weighted by Gasteiger charge is -2.15. The fraction of sp³-hybridized carbons (Fsp3) is 0.385. The van der Waals surface area contributed by atoms with Crippen LogP contribution in [0.1, 0.15) is 19.0 Å². The molecule has 1 aromatic heterocycles. The number of thioether (sulfide) groups is 1. The highest BCUT2D eigenvalue weighted by molar-refractivity contribution is 8.14. The first-order valence-corrected chi connectivity index (χ1v) is 7.07. The largest absolute Gasteiger partial charge is 0.399 e. The SMILES string of the molecule is CC1CCSC(c2nn(C)c3ccc(N)cc23)=N1. The van der Waals surface area contributed by atoms with Crippen LogP contribution in [0.25, 0.3) is 10.9 Å². The van der Waals surface area contributed by atoms with E-state index in [2.05, 4.69) is 12.0 Å². The van der Waals surface area contributed by atoms with Crippen LogP contribution in [-0.4, -0.2) is 26.6 Å². The van der Waals surface area contributed by atoms with Crippen molar-refractivity contribution in [3.63, 3.8) is 0 Å². The fourth-order valence-electron chi connectivity index (χ4n) is 2.20. The normalized spacial score (nSPS) is 20.1. The Morgan fingerprint density at radius 1 is 1.44 bits per heavy atom. The average molecular weight is 260 g/mol. The van der Waals surface area contributed by atoms with E-state index in [1.54, 1.807) is 11.8 Å². The van der Waals surface area contributed by atoms with Gasteiger partial charge in [-0.1, -0.05) is 0 Å². The van der Waals surface area contributed by atoms with Gasteiger partial charge in [0.1, 0.15) is 10.7 Å². The minimum Gasteiger partial charge on any atom is -0.399 e. The van der Waals surface area contributed by atoms with Crippen molar-refractivity contribution in [1.82, 2.24) is 9.78 Å².